The lowest BCUT2D eigenvalue weighted by Gasteiger charge is -2.31. The molecule has 188 valence electrons. The Bertz CT molecular complexity index is 2580. The normalized spacial score (nSPS) is 11.7. The molecule has 0 saturated carbocycles. The molecule has 0 fully saturated rings. The molecule has 49 heavy (non-hydrogen) atoms. The Morgan fingerprint density at radius 2 is 0.592 bits per heavy atom. The molecule has 7 aromatic rings. The molecule has 0 N–H and O–H groups in total. The third-order valence-corrected chi connectivity index (χ3v) is 9.65. The van der Waals surface area contributed by atoms with E-state index in [1.54, 1.807) is 0 Å². The molecule has 0 spiro atoms. The molecule has 7 rings (SSSR count). The van der Waals surface area contributed by atoms with Crippen LogP contribution in [0.1, 0.15) is 0 Å². The smallest absolute Gasteiger partial charge is 0.110 e. The summed E-state index contributed by atoms with van der Waals surface area (Å²) in [5.41, 5.74) is 2.20. The maximum absolute atomic E-state index is 7.00. The third-order valence-electron chi connectivity index (χ3n) is 9.65. The average molecular weight is 578 g/mol. The number of rotatable bonds is 2. The van der Waals surface area contributed by atoms with Crippen LogP contribution in [0.3, 0.4) is 0 Å². The Balaban J connectivity index is 1.90. The van der Waals surface area contributed by atoms with Crippen LogP contribution in [0, 0.1) is 0 Å². The zero-order chi connectivity index (χ0) is 35.5. The molecule has 0 heterocycles. The van der Waals surface area contributed by atoms with Crippen LogP contribution in [-0.2, 0) is 0 Å². The van der Waals surface area contributed by atoms with Crippen molar-refractivity contribution >= 4 is 243 Å². The van der Waals surface area contributed by atoms with Crippen molar-refractivity contribution in [2.45, 2.75) is 0 Å². The molecule has 0 bridgehead atoms. The first kappa shape index (κ1) is 34.0. The zero-order valence-corrected chi connectivity index (χ0v) is 26.2. The predicted molar refractivity (Wildman–Crippen MR) is 228 cm³/mol. The Hall–Kier alpha value is -3.45. The first-order valence-corrected chi connectivity index (χ1v) is 14.9. The van der Waals surface area contributed by atoms with Crippen LogP contribution < -0.4 is 81.9 Å². The highest BCUT2D eigenvalue weighted by Crippen LogP contribution is 2.42. The van der Waals surface area contributed by atoms with Gasteiger partial charge in [-0.15, -0.1) is 32.8 Å². The maximum Gasteiger partial charge on any atom is 0.115 e. The fraction of sp³-hybridized carbons (Fsp3) is 0. The summed E-state index contributed by atoms with van der Waals surface area (Å²) in [7, 11) is 99.7. The molecule has 0 nitrogen and oxygen atoms in total. The van der Waals surface area contributed by atoms with Crippen molar-refractivity contribution in [3.8, 4) is 22.3 Å². The Kier molecular flexibility index (Phi) is 8.21. The summed E-state index contributed by atoms with van der Waals surface area (Å²) in [6, 6.07) is 13.5. The molecule has 0 saturated heterocycles. The summed E-state index contributed by atoms with van der Waals surface area (Å²) in [4.78, 5) is 0. The van der Waals surface area contributed by atoms with Crippen molar-refractivity contribution in [1.82, 2.24) is 0 Å². The molecule has 0 atom stereocenters. The van der Waals surface area contributed by atoms with Crippen molar-refractivity contribution < 1.29 is 0 Å². The number of hydrogen-bond donors (Lipinski definition) is 0. The van der Waals surface area contributed by atoms with Crippen molar-refractivity contribution in [3.63, 3.8) is 0 Å². The van der Waals surface area contributed by atoms with Gasteiger partial charge in [-0.25, -0.2) is 0 Å². The van der Waals surface area contributed by atoms with Gasteiger partial charge in [0.15, 0.2) is 0 Å². The lowest BCUT2D eigenvalue weighted by Crippen LogP contribution is -2.52. The predicted octanol–water partition coefficient (Wildman–Crippen LogP) is -8.46. The highest BCUT2D eigenvalue weighted by atomic mass is 14.3. The topological polar surface area (TPSA) is 0 Å². The lowest BCUT2D eigenvalue weighted by atomic mass is 9.56. The zero-order valence-electron chi connectivity index (χ0n) is 26.2. The van der Waals surface area contributed by atoms with E-state index in [-0.39, 0.29) is 104 Å². The van der Waals surface area contributed by atoms with Crippen LogP contribution in [0.2, 0.25) is 0 Å². The van der Waals surface area contributed by atoms with E-state index in [4.69, 9.17) is 118 Å². The molecular formula is C34H7B15. The second-order valence-electron chi connectivity index (χ2n) is 12.1. The largest absolute Gasteiger partial charge is 0.115 e. The summed E-state index contributed by atoms with van der Waals surface area (Å²) in [5.74, 6) is 0. The van der Waals surface area contributed by atoms with Crippen molar-refractivity contribution in [2.24, 2.45) is 0 Å². The molecule has 30 radical (unpaired) electrons. The minimum Gasteiger partial charge on any atom is -0.110 e. The number of benzene rings is 7. The molecule has 0 aliphatic heterocycles. The summed E-state index contributed by atoms with van der Waals surface area (Å²) in [5, 5.41) is 3.54. The molecule has 7 aromatic carbocycles. The maximum atomic E-state index is 7.00. The van der Waals surface area contributed by atoms with Gasteiger partial charge in [-0.1, -0.05) is 91.6 Å². The van der Waals surface area contributed by atoms with E-state index in [0.717, 1.165) is 10.8 Å². The molecule has 0 aliphatic rings. The van der Waals surface area contributed by atoms with Gasteiger partial charge in [-0.05, 0) is 65.3 Å². The molecule has 0 aromatic heterocycles. The summed E-state index contributed by atoms with van der Waals surface area (Å²) < 4.78 is 0. The van der Waals surface area contributed by atoms with E-state index in [9.17, 15) is 0 Å². The molecule has 0 aliphatic carbocycles. The fourth-order valence-electron chi connectivity index (χ4n) is 7.11. The minimum atomic E-state index is -0.0116. The van der Waals surface area contributed by atoms with Crippen molar-refractivity contribution in [1.29, 1.82) is 0 Å². The van der Waals surface area contributed by atoms with E-state index in [2.05, 4.69) is 0 Å². The number of hydrogen-bond acceptors (Lipinski definition) is 0. The Labute approximate surface area is 306 Å². The highest BCUT2D eigenvalue weighted by molar-refractivity contribution is 6.75. The van der Waals surface area contributed by atoms with E-state index in [1.165, 1.54) is 0 Å². The standard InChI is InChI=1S/C34H7B15/c35-20-17(25(40)26(41)19-18(20)27(42)33(48)34(49)28(19)43)12-15-13(21(36)29(44)31(46)23(15)38)11(10-7-3-5-8-4-1-2-6-9(8)10)14-16(12)24(39)32(47)30(45)22(14)37/h1-7H. The quantitative estimate of drug-likeness (QED) is 0.142. The second-order valence-corrected chi connectivity index (χ2v) is 12.1. The van der Waals surface area contributed by atoms with Gasteiger partial charge in [0.2, 0.25) is 0 Å². The van der Waals surface area contributed by atoms with Crippen LogP contribution in [-0.4, -0.2) is 118 Å². The van der Waals surface area contributed by atoms with Gasteiger partial charge in [0.1, 0.15) is 118 Å². The highest BCUT2D eigenvalue weighted by Gasteiger charge is 2.27. The first-order chi connectivity index (χ1) is 23.1. The summed E-state index contributed by atoms with van der Waals surface area (Å²) in [6.45, 7) is 0. The van der Waals surface area contributed by atoms with Gasteiger partial charge in [-0.3, -0.25) is 0 Å². The van der Waals surface area contributed by atoms with Crippen LogP contribution in [0.4, 0.5) is 0 Å². The SMILES string of the molecule is [B]c1c([B])c([B])c2c([B])c(-c3c4c([B])c([B])c([B])c([B])c4c(-c4cccc5ccccc45)c4c([B])c([B])c([B])c([B])c34)c([B])c([B])c2c1[B]. The molecule has 15 heteroatoms. The Morgan fingerprint density at radius 3 is 1.06 bits per heavy atom. The Morgan fingerprint density at radius 1 is 0.245 bits per heavy atom. The molecule has 0 unspecified atom stereocenters. The average Bonchev–Trinajstić information content (AvgIpc) is 3.09. The van der Waals surface area contributed by atoms with E-state index >= 15 is 0 Å². The van der Waals surface area contributed by atoms with Gasteiger partial charge in [0.05, 0.1) is 0 Å². The van der Waals surface area contributed by atoms with Crippen molar-refractivity contribution in [3.05, 3.63) is 42.5 Å². The van der Waals surface area contributed by atoms with Gasteiger partial charge in [0, 0.05) is 0 Å². The van der Waals surface area contributed by atoms with Gasteiger partial charge >= 0.3 is 0 Å². The van der Waals surface area contributed by atoms with Crippen LogP contribution in [0.5, 0.6) is 0 Å². The second kappa shape index (κ2) is 11.8. The van der Waals surface area contributed by atoms with Gasteiger partial charge in [-0.2, -0.15) is 0 Å². The molecule has 0 amide bonds. The fourth-order valence-corrected chi connectivity index (χ4v) is 7.11. The third kappa shape index (κ3) is 4.52. The molecular weight excluding hydrogens is 571 g/mol. The van der Waals surface area contributed by atoms with Crippen LogP contribution in [0.15, 0.2) is 42.5 Å². The summed E-state index contributed by atoms with van der Waals surface area (Å²) in [6.07, 6.45) is 0. The monoisotopic (exact) mass is 580 g/mol. The van der Waals surface area contributed by atoms with Crippen LogP contribution in [0.25, 0.3) is 65.3 Å². The minimum absolute atomic E-state index is 0.00870. The summed E-state index contributed by atoms with van der Waals surface area (Å²) >= 11 is 0. The lowest BCUT2D eigenvalue weighted by molar-refractivity contribution is 1.73. The van der Waals surface area contributed by atoms with E-state index in [1.807, 2.05) is 42.5 Å². The van der Waals surface area contributed by atoms with E-state index in [0.29, 0.717) is 32.7 Å². The van der Waals surface area contributed by atoms with Crippen LogP contribution >= 0.6 is 0 Å². The number of fused-ring (bicyclic) bond motifs is 4. The van der Waals surface area contributed by atoms with Crippen molar-refractivity contribution in [2.75, 3.05) is 0 Å². The first-order valence-electron chi connectivity index (χ1n) is 14.9. The van der Waals surface area contributed by atoms with E-state index < -0.39 is 0 Å². The van der Waals surface area contributed by atoms with Gasteiger partial charge < -0.3 is 0 Å². The van der Waals surface area contributed by atoms with Gasteiger partial charge in [0.25, 0.3) is 0 Å².